The number of aliphatic hydroxyl groups excluding tert-OH is 1. The molecule has 4 aromatic rings. The minimum atomic E-state index is -0.940. The Hall–Kier alpha value is -4.50. The molecule has 8 nitrogen and oxygen atoms in total. The maximum atomic E-state index is 13.3. The predicted molar refractivity (Wildman–Crippen MR) is 144 cm³/mol. The van der Waals surface area contributed by atoms with Gasteiger partial charge in [0.25, 0.3) is 5.78 Å². The Balaban J connectivity index is 1.61. The number of anilines is 1. The van der Waals surface area contributed by atoms with Crippen LogP contribution in [0.1, 0.15) is 34.7 Å². The third-order valence-corrected chi connectivity index (χ3v) is 6.87. The molecular weight excluding hydrogens is 502 g/mol. The van der Waals surface area contributed by atoms with Crippen LogP contribution in [-0.4, -0.2) is 33.6 Å². The molecule has 1 atom stereocenters. The second-order valence-electron chi connectivity index (χ2n) is 8.55. The van der Waals surface area contributed by atoms with Crippen LogP contribution in [0, 0.1) is 6.92 Å². The normalized spacial score (nSPS) is 16.6. The van der Waals surface area contributed by atoms with Crippen LogP contribution < -0.4 is 14.4 Å². The minimum absolute atomic E-state index is 0.0329. The molecule has 1 aliphatic heterocycles. The first kappa shape index (κ1) is 25.2. The summed E-state index contributed by atoms with van der Waals surface area (Å²) < 4.78 is 11.9. The standard InChI is InChI=1S/C29H25N3O5S/c1-3-36-23-16-21(14-15-22(23)37-17-19-10-6-4-7-11-19)25-24(26(33)20-12-8-5-9-13-20)27(34)28(35)32(25)29-31-30-18(2)38-29/h4-16,25,33H,3,17H2,1-2H3/b26-24+. The molecule has 0 spiro atoms. The van der Waals surface area contributed by atoms with E-state index in [-0.39, 0.29) is 16.5 Å². The molecule has 192 valence electrons. The van der Waals surface area contributed by atoms with Gasteiger partial charge in [-0.1, -0.05) is 78.1 Å². The van der Waals surface area contributed by atoms with Gasteiger partial charge >= 0.3 is 5.91 Å². The van der Waals surface area contributed by atoms with E-state index in [1.807, 2.05) is 37.3 Å². The van der Waals surface area contributed by atoms with Gasteiger partial charge in [-0.15, -0.1) is 10.2 Å². The number of nitrogens with zero attached hydrogens (tertiary/aromatic N) is 3. The second-order valence-corrected chi connectivity index (χ2v) is 9.71. The van der Waals surface area contributed by atoms with Gasteiger partial charge in [0.15, 0.2) is 11.5 Å². The number of Topliss-reactive ketones (excluding diaryl/α,β-unsaturated/α-hetero) is 1. The van der Waals surface area contributed by atoms with Crippen molar-refractivity contribution < 1.29 is 24.2 Å². The fourth-order valence-electron chi connectivity index (χ4n) is 4.30. The number of aromatic nitrogens is 2. The fraction of sp³-hybridized carbons (Fsp3) is 0.172. The molecule has 0 aliphatic carbocycles. The third kappa shape index (κ3) is 4.88. The lowest BCUT2D eigenvalue weighted by Gasteiger charge is -2.23. The average Bonchev–Trinajstić information content (AvgIpc) is 3.48. The van der Waals surface area contributed by atoms with Crippen LogP contribution in [-0.2, 0) is 16.2 Å². The zero-order valence-electron chi connectivity index (χ0n) is 20.8. The topological polar surface area (TPSA) is 102 Å². The van der Waals surface area contributed by atoms with E-state index in [2.05, 4.69) is 10.2 Å². The SMILES string of the molecule is CCOc1cc(C2/C(=C(\O)c3ccccc3)C(=O)C(=O)N2c2nnc(C)s2)ccc1OCc1ccccc1. The minimum Gasteiger partial charge on any atom is -0.507 e. The highest BCUT2D eigenvalue weighted by atomic mass is 32.1. The molecule has 1 unspecified atom stereocenters. The summed E-state index contributed by atoms with van der Waals surface area (Å²) in [5, 5.41) is 20.3. The highest BCUT2D eigenvalue weighted by Gasteiger charge is 2.48. The monoisotopic (exact) mass is 527 g/mol. The van der Waals surface area contributed by atoms with Crippen molar-refractivity contribution in [2.45, 2.75) is 26.5 Å². The lowest BCUT2D eigenvalue weighted by atomic mass is 9.95. The number of ketones is 1. The summed E-state index contributed by atoms with van der Waals surface area (Å²) in [6.45, 7) is 4.35. The molecule has 38 heavy (non-hydrogen) atoms. The second kappa shape index (κ2) is 10.9. The van der Waals surface area contributed by atoms with E-state index in [1.54, 1.807) is 55.5 Å². The van der Waals surface area contributed by atoms with E-state index in [9.17, 15) is 14.7 Å². The molecule has 0 radical (unpaired) electrons. The number of carbonyl (C=O) groups excluding carboxylic acids is 2. The Morgan fingerprint density at radius 3 is 2.32 bits per heavy atom. The van der Waals surface area contributed by atoms with Gasteiger partial charge in [-0.2, -0.15) is 0 Å². The number of ether oxygens (including phenoxy) is 2. The average molecular weight is 528 g/mol. The molecule has 3 aromatic carbocycles. The van der Waals surface area contributed by atoms with Crippen molar-refractivity contribution >= 4 is 33.9 Å². The van der Waals surface area contributed by atoms with E-state index >= 15 is 0 Å². The summed E-state index contributed by atoms with van der Waals surface area (Å²) in [5.41, 5.74) is 1.96. The third-order valence-electron chi connectivity index (χ3n) is 6.03. The van der Waals surface area contributed by atoms with Crippen molar-refractivity contribution in [2.24, 2.45) is 0 Å². The Bertz CT molecular complexity index is 1500. The van der Waals surface area contributed by atoms with E-state index in [4.69, 9.17) is 9.47 Å². The number of aliphatic hydroxyl groups is 1. The van der Waals surface area contributed by atoms with Crippen LogP contribution >= 0.6 is 11.3 Å². The number of aryl methyl sites for hydroxylation is 1. The summed E-state index contributed by atoms with van der Waals surface area (Å²) in [7, 11) is 0. The summed E-state index contributed by atoms with van der Waals surface area (Å²) in [6.07, 6.45) is 0. The zero-order valence-corrected chi connectivity index (χ0v) is 21.6. The Morgan fingerprint density at radius 1 is 0.947 bits per heavy atom. The summed E-state index contributed by atoms with van der Waals surface area (Å²) >= 11 is 1.19. The molecule has 1 aromatic heterocycles. The predicted octanol–water partition coefficient (Wildman–Crippen LogP) is 5.45. The van der Waals surface area contributed by atoms with Gasteiger partial charge in [0.2, 0.25) is 5.13 Å². The van der Waals surface area contributed by atoms with Crippen molar-refractivity contribution in [3.8, 4) is 11.5 Å². The molecular formula is C29H25N3O5S. The fourth-order valence-corrected chi connectivity index (χ4v) is 5.01. The molecule has 9 heteroatoms. The summed E-state index contributed by atoms with van der Waals surface area (Å²) in [4.78, 5) is 27.9. The van der Waals surface area contributed by atoms with Crippen molar-refractivity contribution in [1.82, 2.24) is 10.2 Å². The quantitative estimate of drug-likeness (QED) is 0.185. The van der Waals surface area contributed by atoms with E-state index in [0.717, 1.165) is 5.56 Å². The summed E-state index contributed by atoms with van der Waals surface area (Å²) in [5.74, 6) is -0.872. The van der Waals surface area contributed by atoms with Crippen LogP contribution in [0.5, 0.6) is 11.5 Å². The molecule has 1 fully saturated rings. The molecule has 2 heterocycles. The van der Waals surface area contributed by atoms with Gasteiger partial charge in [-0.25, -0.2) is 0 Å². The first-order valence-corrected chi connectivity index (χ1v) is 12.9. The number of hydrogen-bond donors (Lipinski definition) is 1. The largest absolute Gasteiger partial charge is 0.507 e. The van der Waals surface area contributed by atoms with Crippen LogP contribution in [0.15, 0.2) is 84.4 Å². The van der Waals surface area contributed by atoms with Gasteiger partial charge in [0.05, 0.1) is 18.2 Å². The first-order valence-electron chi connectivity index (χ1n) is 12.1. The molecule has 1 aliphatic rings. The van der Waals surface area contributed by atoms with Crippen molar-refractivity contribution in [1.29, 1.82) is 0 Å². The van der Waals surface area contributed by atoms with Gasteiger partial charge in [-0.3, -0.25) is 14.5 Å². The lowest BCUT2D eigenvalue weighted by Crippen LogP contribution is -2.29. The van der Waals surface area contributed by atoms with Crippen molar-refractivity contribution in [2.75, 3.05) is 11.5 Å². The number of amides is 1. The number of benzene rings is 3. The van der Waals surface area contributed by atoms with Gasteiger partial charge < -0.3 is 14.6 Å². The zero-order chi connectivity index (χ0) is 26.6. The lowest BCUT2D eigenvalue weighted by molar-refractivity contribution is -0.132. The van der Waals surface area contributed by atoms with E-state index < -0.39 is 17.7 Å². The van der Waals surface area contributed by atoms with E-state index in [1.165, 1.54) is 16.2 Å². The van der Waals surface area contributed by atoms with Crippen molar-refractivity contribution in [3.05, 3.63) is 106 Å². The van der Waals surface area contributed by atoms with E-state index in [0.29, 0.717) is 40.8 Å². The van der Waals surface area contributed by atoms with Crippen LogP contribution in [0.2, 0.25) is 0 Å². The van der Waals surface area contributed by atoms with Crippen LogP contribution in [0.4, 0.5) is 5.13 Å². The molecule has 0 saturated carbocycles. The first-order chi connectivity index (χ1) is 18.5. The van der Waals surface area contributed by atoms with Crippen LogP contribution in [0.25, 0.3) is 5.76 Å². The van der Waals surface area contributed by atoms with Crippen LogP contribution in [0.3, 0.4) is 0 Å². The molecule has 1 saturated heterocycles. The Labute approximate surface area is 223 Å². The molecule has 0 bridgehead atoms. The molecule has 1 N–H and O–H groups in total. The van der Waals surface area contributed by atoms with Gasteiger partial charge in [-0.05, 0) is 37.1 Å². The Kier molecular flexibility index (Phi) is 7.19. The van der Waals surface area contributed by atoms with Gasteiger partial charge in [0, 0.05) is 5.56 Å². The number of carbonyl (C=O) groups is 2. The highest BCUT2D eigenvalue weighted by Crippen LogP contribution is 2.44. The summed E-state index contributed by atoms with van der Waals surface area (Å²) in [6, 6.07) is 22.7. The smallest absolute Gasteiger partial charge is 0.301 e. The Morgan fingerprint density at radius 2 is 1.66 bits per heavy atom. The molecule has 1 amide bonds. The number of rotatable bonds is 8. The number of hydrogen-bond acceptors (Lipinski definition) is 8. The highest BCUT2D eigenvalue weighted by molar-refractivity contribution is 7.15. The van der Waals surface area contributed by atoms with Crippen molar-refractivity contribution in [3.63, 3.8) is 0 Å². The maximum absolute atomic E-state index is 13.3. The maximum Gasteiger partial charge on any atom is 0.301 e. The van der Waals surface area contributed by atoms with Gasteiger partial charge in [0.1, 0.15) is 17.4 Å². The molecule has 5 rings (SSSR count).